The number of fused-ring (bicyclic) bond motifs is 2. The highest BCUT2D eigenvalue weighted by atomic mass is 19.1. The van der Waals surface area contributed by atoms with Crippen LogP contribution in [-0.2, 0) is 0 Å². The van der Waals surface area contributed by atoms with Crippen LogP contribution in [0.2, 0.25) is 0 Å². The van der Waals surface area contributed by atoms with Crippen molar-refractivity contribution < 1.29 is 14.1 Å². The van der Waals surface area contributed by atoms with E-state index in [9.17, 15) is 14.5 Å². The summed E-state index contributed by atoms with van der Waals surface area (Å²) >= 11 is 0. The Morgan fingerprint density at radius 2 is 1.76 bits per heavy atom. The highest BCUT2D eigenvalue weighted by Crippen LogP contribution is 2.48. The van der Waals surface area contributed by atoms with Crippen LogP contribution in [0.25, 0.3) is 10.9 Å². The van der Waals surface area contributed by atoms with Crippen LogP contribution < -0.4 is 4.74 Å². The number of para-hydroxylation sites is 2. The third-order valence-electron chi connectivity index (χ3n) is 5.54. The molecule has 1 aliphatic heterocycles. The minimum Gasteiger partial charge on any atom is -0.478 e. The molecule has 3 aromatic carbocycles. The molecule has 1 aliphatic rings. The second-order valence-electron chi connectivity index (χ2n) is 7.17. The van der Waals surface area contributed by atoms with Crippen LogP contribution in [0.1, 0.15) is 28.7 Å². The Morgan fingerprint density at radius 1 is 0.966 bits per heavy atom. The summed E-state index contributed by atoms with van der Waals surface area (Å²) in [6.07, 6.45) is 0.922. The third-order valence-corrected chi connectivity index (χ3v) is 5.54. The fourth-order valence-electron chi connectivity index (χ4n) is 4.29. The minimum absolute atomic E-state index is 0.308. The van der Waals surface area contributed by atoms with Gasteiger partial charge >= 0.3 is 0 Å². The molecule has 0 radical (unpaired) electrons. The molecule has 4 aromatic rings. The van der Waals surface area contributed by atoms with E-state index < -0.39 is 23.9 Å². The lowest BCUT2D eigenvalue weighted by molar-refractivity contribution is -0.538. The van der Waals surface area contributed by atoms with Gasteiger partial charge in [-0.25, -0.2) is 4.39 Å². The van der Waals surface area contributed by atoms with E-state index in [2.05, 4.69) is 4.98 Å². The molecule has 29 heavy (non-hydrogen) atoms. The number of aromatic amines is 1. The first-order valence-electron chi connectivity index (χ1n) is 9.34. The molecule has 0 spiro atoms. The van der Waals surface area contributed by atoms with Gasteiger partial charge < -0.3 is 9.72 Å². The molecular formula is C23H17FN2O3. The van der Waals surface area contributed by atoms with E-state index >= 15 is 0 Å². The zero-order valence-corrected chi connectivity index (χ0v) is 15.3. The molecule has 0 unspecified atom stereocenters. The fraction of sp³-hybridized carbons (Fsp3) is 0.130. The lowest BCUT2D eigenvalue weighted by Gasteiger charge is -2.34. The molecule has 0 saturated heterocycles. The number of ether oxygens (including phenoxy) is 1. The number of nitrogens with zero attached hydrogens (tertiary/aromatic N) is 1. The van der Waals surface area contributed by atoms with Crippen molar-refractivity contribution in [2.45, 2.75) is 18.1 Å². The second-order valence-corrected chi connectivity index (χ2v) is 7.17. The van der Waals surface area contributed by atoms with Crippen LogP contribution in [0, 0.1) is 15.9 Å². The molecule has 6 heteroatoms. The Kier molecular flexibility index (Phi) is 4.05. The molecule has 0 saturated carbocycles. The van der Waals surface area contributed by atoms with Crippen molar-refractivity contribution in [3.63, 3.8) is 0 Å². The summed E-state index contributed by atoms with van der Waals surface area (Å²) in [4.78, 5) is 15.2. The average Bonchev–Trinajstić information content (AvgIpc) is 3.16. The summed E-state index contributed by atoms with van der Waals surface area (Å²) in [5.41, 5.74) is 2.95. The predicted molar refractivity (Wildman–Crippen MR) is 107 cm³/mol. The van der Waals surface area contributed by atoms with Crippen LogP contribution in [-0.4, -0.2) is 15.9 Å². The van der Waals surface area contributed by atoms with E-state index in [-0.39, 0.29) is 4.92 Å². The van der Waals surface area contributed by atoms with Crippen molar-refractivity contribution in [2.75, 3.05) is 0 Å². The molecule has 5 rings (SSSR count). The molecule has 2 heterocycles. The Labute approximate surface area is 165 Å². The first-order valence-corrected chi connectivity index (χ1v) is 9.34. The average molecular weight is 388 g/mol. The quantitative estimate of drug-likeness (QED) is 0.387. The van der Waals surface area contributed by atoms with E-state index in [1.165, 1.54) is 12.1 Å². The van der Waals surface area contributed by atoms with Gasteiger partial charge in [0.2, 0.25) is 0 Å². The SMILES string of the molecule is O=[N+]([O-])[C@@H]1[C@H](c2c[nH]c3ccccc23)c2ccccc2O[C@H]1c1cccc(F)c1. The molecular weight excluding hydrogens is 371 g/mol. The highest BCUT2D eigenvalue weighted by molar-refractivity contribution is 5.84. The van der Waals surface area contributed by atoms with Gasteiger partial charge in [-0.2, -0.15) is 0 Å². The first-order chi connectivity index (χ1) is 14.1. The number of halogens is 1. The lowest BCUT2D eigenvalue weighted by atomic mass is 9.78. The summed E-state index contributed by atoms with van der Waals surface area (Å²) in [6.45, 7) is 0. The highest BCUT2D eigenvalue weighted by Gasteiger charge is 2.48. The van der Waals surface area contributed by atoms with Gasteiger partial charge in [0.1, 0.15) is 11.6 Å². The molecule has 144 valence electrons. The number of aromatic nitrogens is 1. The maximum atomic E-state index is 13.9. The topological polar surface area (TPSA) is 68.2 Å². The summed E-state index contributed by atoms with van der Waals surface area (Å²) in [7, 11) is 0. The zero-order chi connectivity index (χ0) is 20.0. The van der Waals surface area contributed by atoms with Crippen LogP contribution in [0.3, 0.4) is 0 Å². The van der Waals surface area contributed by atoms with Crippen LogP contribution >= 0.6 is 0 Å². The molecule has 0 aliphatic carbocycles. The van der Waals surface area contributed by atoms with E-state index in [1.54, 1.807) is 18.2 Å². The monoisotopic (exact) mass is 388 g/mol. The molecule has 0 bridgehead atoms. The van der Waals surface area contributed by atoms with Crippen molar-refractivity contribution >= 4 is 10.9 Å². The van der Waals surface area contributed by atoms with Crippen molar-refractivity contribution in [1.82, 2.24) is 4.98 Å². The summed E-state index contributed by atoms with van der Waals surface area (Å²) in [6, 6.07) is 19.8. The van der Waals surface area contributed by atoms with E-state index in [4.69, 9.17) is 4.74 Å². The van der Waals surface area contributed by atoms with E-state index in [0.717, 1.165) is 22.0 Å². The van der Waals surface area contributed by atoms with Gasteiger partial charge in [0, 0.05) is 33.1 Å². The first kappa shape index (κ1) is 17.4. The normalized spacial score (nSPS) is 20.8. The third kappa shape index (κ3) is 2.84. The van der Waals surface area contributed by atoms with Gasteiger partial charge in [0.15, 0.2) is 6.10 Å². The van der Waals surface area contributed by atoms with Crippen LogP contribution in [0.4, 0.5) is 4.39 Å². The standard InChI is InChI=1S/C23H17FN2O3/c24-15-7-5-6-14(12-15)23-22(26(27)28)21(17-9-2-4-11-20(17)29-23)18-13-25-19-10-3-1-8-16(18)19/h1-13,21-23,25H/t21-,22+,23-/m0/s1. The fourth-order valence-corrected chi connectivity index (χ4v) is 4.29. The molecule has 5 nitrogen and oxygen atoms in total. The molecule has 1 aromatic heterocycles. The summed E-state index contributed by atoms with van der Waals surface area (Å²) in [5.74, 6) is -0.412. The van der Waals surface area contributed by atoms with Crippen molar-refractivity contribution in [2.24, 2.45) is 0 Å². The van der Waals surface area contributed by atoms with E-state index in [0.29, 0.717) is 11.3 Å². The lowest BCUT2D eigenvalue weighted by Crippen LogP contribution is -2.40. The van der Waals surface area contributed by atoms with Crippen molar-refractivity contribution in [3.8, 4) is 5.75 Å². The summed E-state index contributed by atoms with van der Waals surface area (Å²) < 4.78 is 20.0. The predicted octanol–water partition coefficient (Wildman–Crippen LogP) is 5.22. The summed E-state index contributed by atoms with van der Waals surface area (Å²) in [5, 5.41) is 13.2. The number of H-pyrrole nitrogens is 1. The number of benzene rings is 3. The van der Waals surface area contributed by atoms with Gasteiger partial charge in [0.25, 0.3) is 6.04 Å². The van der Waals surface area contributed by atoms with Gasteiger partial charge in [-0.05, 0) is 29.8 Å². The van der Waals surface area contributed by atoms with Gasteiger partial charge in [-0.1, -0.05) is 48.5 Å². The number of nitro groups is 1. The number of rotatable bonds is 3. The molecule has 0 fully saturated rings. The number of hydrogen-bond acceptors (Lipinski definition) is 3. The van der Waals surface area contributed by atoms with Gasteiger partial charge in [-0.3, -0.25) is 10.1 Å². The Morgan fingerprint density at radius 3 is 2.59 bits per heavy atom. The molecule has 0 amide bonds. The van der Waals surface area contributed by atoms with Crippen molar-refractivity contribution in [1.29, 1.82) is 0 Å². The Balaban J connectivity index is 1.75. The zero-order valence-electron chi connectivity index (χ0n) is 15.3. The smallest absolute Gasteiger partial charge is 0.264 e. The Bertz CT molecular complexity index is 1220. The minimum atomic E-state index is -1.11. The number of nitrogens with one attached hydrogen (secondary N) is 1. The maximum Gasteiger partial charge on any atom is 0.264 e. The van der Waals surface area contributed by atoms with Gasteiger partial charge in [-0.15, -0.1) is 0 Å². The Hall–Kier alpha value is -3.67. The van der Waals surface area contributed by atoms with Gasteiger partial charge in [0.05, 0.1) is 5.92 Å². The van der Waals surface area contributed by atoms with Crippen molar-refractivity contribution in [3.05, 3.63) is 112 Å². The van der Waals surface area contributed by atoms with E-state index in [1.807, 2.05) is 48.7 Å². The van der Waals surface area contributed by atoms with Crippen LogP contribution in [0.15, 0.2) is 79.0 Å². The van der Waals surface area contributed by atoms with Crippen LogP contribution in [0.5, 0.6) is 5.75 Å². The molecule has 3 atom stereocenters. The maximum absolute atomic E-state index is 13.9. The second kappa shape index (κ2) is 6.74. The molecule has 1 N–H and O–H groups in total. The number of hydrogen-bond donors (Lipinski definition) is 1. The largest absolute Gasteiger partial charge is 0.478 e.